The normalized spacial score (nSPS) is 11.1. The van der Waals surface area contributed by atoms with Gasteiger partial charge in [0.2, 0.25) is 0 Å². The lowest BCUT2D eigenvalue weighted by Crippen LogP contribution is -1.99. The van der Waals surface area contributed by atoms with Crippen molar-refractivity contribution in [1.29, 1.82) is 0 Å². The zero-order valence-corrected chi connectivity index (χ0v) is 18.3. The van der Waals surface area contributed by atoms with Gasteiger partial charge in [0.15, 0.2) is 0 Å². The van der Waals surface area contributed by atoms with Gasteiger partial charge in [-0.15, -0.1) is 0 Å². The number of benzene rings is 3. The van der Waals surface area contributed by atoms with E-state index in [9.17, 15) is 0 Å². The number of para-hydroxylation sites is 1. The van der Waals surface area contributed by atoms with Crippen LogP contribution in [0.1, 0.15) is 5.56 Å². The van der Waals surface area contributed by atoms with Gasteiger partial charge in [0.25, 0.3) is 0 Å². The molecule has 6 rings (SSSR count). The molecule has 0 saturated heterocycles. The van der Waals surface area contributed by atoms with Crippen LogP contribution in [0.3, 0.4) is 0 Å². The number of nitrogens with one attached hydrogen (secondary N) is 1. The van der Waals surface area contributed by atoms with Crippen LogP contribution in [0.2, 0.25) is 0 Å². The number of aromatic nitrogens is 5. The highest BCUT2D eigenvalue weighted by molar-refractivity contribution is 5.94. The van der Waals surface area contributed by atoms with Gasteiger partial charge in [0.05, 0.1) is 35.8 Å². The predicted molar refractivity (Wildman–Crippen MR) is 133 cm³/mol. The Morgan fingerprint density at radius 3 is 2.29 bits per heavy atom. The van der Waals surface area contributed by atoms with Crippen molar-refractivity contribution in [3.63, 3.8) is 0 Å². The van der Waals surface area contributed by atoms with E-state index >= 15 is 0 Å². The molecule has 0 atom stereocenters. The molecule has 0 bridgehead atoms. The number of hydrogen-bond acceptors (Lipinski definition) is 4. The highest BCUT2D eigenvalue weighted by Gasteiger charge is 2.13. The van der Waals surface area contributed by atoms with E-state index < -0.39 is 0 Å². The SMILES string of the molecule is c1ccc(Cn2cc(-c3cc4[nH]ncc4c(-c4ccc(Oc5ccccc5)cc4)n3)cn2)cc1. The van der Waals surface area contributed by atoms with Crippen molar-refractivity contribution in [2.75, 3.05) is 0 Å². The molecule has 6 nitrogen and oxygen atoms in total. The van der Waals surface area contributed by atoms with Crippen molar-refractivity contribution in [3.05, 3.63) is 115 Å². The van der Waals surface area contributed by atoms with E-state index in [4.69, 9.17) is 9.72 Å². The van der Waals surface area contributed by atoms with E-state index in [1.165, 1.54) is 5.56 Å². The highest BCUT2D eigenvalue weighted by Crippen LogP contribution is 2.32. The molecule has 0 aliphatic rings. The fourth-order valence-corrected chi connectivity index (χ4v) is 3.97. The Kier molecular flexibility index (Phi) is 5.09. The van der Waals surface area contributed by atoms with Crippen LogP contribution < -0.4 is 4.74 Å². The molecule has 1 N–H and O–H groups in total. The number of ether oxygens (including phenoxy) is 1. The number of pyridine rings is 1. The number of nitrogens with zero attached hydrogens (tertiary/aromatic N) is 4. The van der Waals surface area contributed by atoms with Gasteiger partial charge in [-0.2, -0.15) is 10.2 Å². The van der Waals surface area contributed by atoms with Gasteiger partial charge in [-0.05, 0) is 48.0 Å². The van der Waals surface area contributed by atoms with Gasteiger partial charge in [0.1, 0.15) is 11.5 Å². The molecule has 164 valence electrons. The van der Waals surface area contributed by atoms with Gasteiger partial charge < -0.3 is 4.74 Å². The van der Waals surface area contributed by atoms with Crippen LogP contribution in [-0.4, -0.2) is 25.0 Å². The molecule has 6 heteroatoms. The standard InChI is InChI=1S/C28H21N5O/c1-3-7-20(8-4-1)18-33-19-22(16-30-33)26-15-27-25(17-29-32-27)28(31-26)21-11-13-24(14-12-21)34-23-9-5-2-6-10-23/h1-17,19H,18H2,(H,29,32). The average Bonchev–Trinajstić information content (AvgIpc) is 3.55. The third-order valence-electron chi connectivity index (χ3n) is 5.66. The van der Waals surface area contributed by atoms with Crippen molar-refractivity contribution < 1.29 is 4.74 Å². The molecule has 3 aromatic heterocycles. The van der Waals surface area contributed by atoms with Crippen LogP contribution in [0.25, 0.3) is 33.4 Å². The Morgan fingerprint density at radius 1 is 0.765 bits per heavy atom. The fraction of sp³-hybridized carbons (Fsp3) is 0.0357. The molecule has 6 aromatic rings. The fourth-order valence-electron chi connectivity index (χ4n) is 3.97. The average molecular weight is 444 g/mol. The first kappa shape index (κ1) is 19.9. The molecule has 0 spiro atoms. The van der Waals surface area contributed by atoms with Crippen LogP contribution in [0.4, 0.5) is 0 Å². The molecular formula is C28H21N5O. The monoisotopic (exact) mass is 443 g/mol. The Labute approximate surface area is 196 Å². The number of rotatable bonds is 6. The molecule has 34 heavy (non-hydrogen) atoms. The minimum Gasteiger partial charge on any atom is -0.457 e. The summed E-state index contributed by atoms with van der Waals surface area (Å²) >= 11 is 0. The first-order valence-electron chi connectivity index (χ1n) is 11.1. The van der Waals surface area contributed by atoms with E-state index in [2.05, 4.69) is 27.4 Å². The second-order valence-corrected chi connectivity index (χ2v) is 8.04. The number of H-pyrrole nitrogens is 1. The Hall–Kier alpha value is -4.71. The lowest BCUT2D eigenvalue weighted by molar-refractivity contribution is 0.483. The lowest BCUT2D eigenvalue weighted by atomic mass is 10.1. The summed E-state index contributed by atoms with van der Waals surface area (Å²) < 4.78 is 7.87. The van der Waals surface area contributed by atoms with E-state index in [0.717, 1.165) is 44.9 Å². The van der Waals surface area contributed by atoms with Crippen molar-refractivity contribution in [2.45, 2.75) is 6.54 Å². The zero-order chi connectivity index (χ0) is 22.7. The lowest BCUT2D eigenvalue weighted by Gasteiger charge is -2.08. The van der Waals surface area contributed by atoms with Crippen molar-refractivity contribution >= 4 is 10.9 Å². The van der Waals surface area contributed by atoms with Crippen molar-refractivity contribution in [3.8, 4) is 34.0 Å². The van der Waals surface area contributed by atoms with E-state index in [0.29, 0.717) is 6.54 Å². The van der Waals surface area contributed by atoms with Gasteiger partial charge in [-0.3, -0.25) is 9.78 Å². The maximum absolute atomic E-state index is 5.94. The van der Waals surface area contributed by atoms with Gasteiger partial charge in [-0.1, -0.05) is 48.5 Å². The summed E-state index contributed by atoms with van der Waals surface area (Å²) in [5.74, 6) is 1.58. The summed E-state index contributed by atoms with van der Waals surface area (Å²) in [6.45, 7) is 0.711. The first-order chi connectivity index (χ1) is 16.8. The second-order valence-electron chi connectivity index (χ2n) is 8.04. The molecule has 0 unspecified atom stereocenters. The molecule has 3 aromatic carbocycles. The maximum atomic E-state index is 5.94. The van der Waals surface area contributed by atoms with Crippen LogP contribution in [0.15, 0.2) is 110 Å². The number of fused-ring (bicyclic) bond motifs is 1. The van der Waals surface area contributed by atoms with Gasteiger partial charge in [0, 0.05) is 22.7 Å². The quantitative estimate of drug-likeness (QED) is 0.327. The molecule has 0 saturated carbocycles. The third kappa shape index (κ3) is 4.04. The molecule has 3 heterocycles. The van der Waals surface area contributed by atoms with Crippen LogP contribution in [-0.2, 0) is 6.54 Å². The van der Waals surface area contributed by atoms with Crippen molar-refractivity contribution in [1.82, 2.24) is 25.0 Å². The maximum Gasteiger partial charge on any atom is 0.127 e. The Balaban J connectivity index is 1.32. The third-order valence-corrected chi connectivity index (χ3v) is 5.66. The second kappa shape index (κ2) is 8.67. The summed E-state index contributed by atoms with van der Waals surface area (Å²) in [5, 5.41) is 12.8. The smallest absolute Gasteiger partial charge is 0.127 e. The van der Waals surface area contributed by atoms with Gasteiger partial charge >= 0.3 is 0 Å². The van der Waals surface area contributed by atoms with Crippen LogP contribution in [0.5, 0.6) is 11.5 Å². The molecule has 0 radical (unpaired) electrons. The van der Waals surface area contributed by atoms with Crippen LogP contribution >= 0.6 is 0 Å². The summed E-state index contributed by atoms with van der Waals surface area (Å²) in [6, 6.07) is 30.0. The predicted octanol–water partition coefficient (Wildman–Crippen LogP) is 6.33. The summed E-state index contributed by atoms with van der Waals surface area (Å²) in [6.07, 6.45) is 5.70. The minimum absolute atomic E-state index is 0.711. The molecular weight excluding hydrogens is 422 g/mol. The summed E-state index contributed by atoms with van der Waals surface area (Å²) in [4.78, 5) is 4.99. The van der Waals surface area contributed by atoms with Gasteiger partial charge in [-0.25, -0.2) is 4.98 Å². The summed E-state index contributed by atoms with van der Waals surface area (Å²) in [5.41, 5.74) is 5.79. The largest absolute Gasteiger partial charge is 0.457 e. The molecule has 0 aliphatic heterocycles. The number of hydrogen-bond donors (Lipinski definition) is 1. The number of aromatic amines is 1. The Morgan fingerprint density at radius 2 is 1.50 bits per heavy atom. The van der Waals surface area contributed by atoms with E-state index in [1.807, 2.05) is 102 Å². The van der Waals surface area contributed by atoms with Crippen LogP contribution in [0, 0.1) is 0 Å². The molecule has 0 aliphatic carbocycles. The Bertz CT molecular complexity index is 1540. The molecule has 0 amide bonds. The topological polar surface area (TPSA) is 68.6 Å². The first-order valence-corrected chi connectivity index (χ1v) is 11.1. The zero-order valence-electron chi connectivity index (χ0n) is 18.3. The molecule has 0 fully saturated rings. The van der Waals surface area contributed by atoms with E-state index in [1.54, 1.807) is 0 Å². The van der Waals surface area contributed by atoms with Crippen molar-refractivity contribution in [2.24, 2.45) is 0 Å². The minimum atomic E-state index is 0.711. The van der Waals surface area contributed by atoms with E-state index in [-0.39, 0.29) is 0 Å². The highest BCUT2D eigenvalue weighted by atomic mass is 16.5. The summed E-state index contributed by atoms with van der Waals surface area (Å²) in [7, 11) is 0.